The van der Waals surface area contributed by atoms with Crippen LogP contribution >= 0.6 is 0 Å². The fourth-order valence-electron chi connectivity index (χ4n) is 2.35. The van der Waals surface area contributed by atoms with Gasteiger partial charge in [-0.2, -0.15) is 0 Å². The van der Waals surface area contributed by atoms with E-state index in [1.54, 1.807) is 7.11 Å². The summed E-state index contributed by atoms with van der Waals surface area (Å²) in [7, 11) is 1.69. The number of rotatable bonds is 6. The van der Waals surface area contributed by atoms with E-state index < -0.39 is 0 Å². The van der Waals surface area contributed by atoms with Crippen molar-refractivity contribution in [2.24, 2.45) is 0 Å². The number of hydrogen-bond acceptors (Lipinski definition) is 3. The van der Waals surface area contributed by atoms with E-state index in [-0.39, 0.29) is 0 Å². The quantitative estimate of drug-likeness (QED) is 0.874. The van der Waals surface area contributed by atoms with Gasteiger partial charge in [-0.25, -0.2) is 0 Å². The molecule has 0 spiro atoms. The molecule has 0 saturated heterocycles. The number of methoxy groups -OCH3 is 1. The van der Waals surface area contributed by atoms with E-state index in [1.165, 1.54) is 11.1 Å². The Labute approximate surface area is 121 Å². The molecule has 106 valence electrons. The average molecular weight is 270 g/mol. The fraction of sp³-hybridized carbons (Fsp3) is 0.353. The minimum absolute atomic E-state index is 0.325. The van der Waals surface area contributed by atoms with Gasteiger partial charge in [-0.15, -0.1) is 0 Å². The Hall–Kier alpha value is -1.87. The number of aromatic nitrogens is 1. The van der Waals surface area contributed by atoms with Crippen LogP contribution in [0.25, 0.3) is 0 Å². The van der Waals surface area contributed by atoms with E-state index in [9.17, 15) is 0 Å². The third kappa shape index (κ3) is 4.07. The number of benzene rings is 1. The van der Waals surface area contributed by atoms with E-state index in [2.05, 4.69) is 48.4 Å². The summed E-state index contributed by atoms with van der Waals surface area (Å²) < 4.78 is 5.18. The molecule has 2 rings (SSSR count). The number of nitrogens with zero attached hydrogens (tertiary/aromatic N) is 1. The largest absolute Gasteiger partial charge is 0.497 e. The maximum atomic E-state index is 5.18. The van der Waals surface area contributed by atoms with Crippen molar-refractivity contribution in [1.29, 1.82) is 0 Å². The monoisotopic (exact) mass is 270 g/mol. The SMILES string of the molecule is COc1ccc(CC(C)N[C@H](C)c2ccncc2)cc1. The summed E-state index contributed by atoms with van der Waals surface area (Å²) in [4.78, 5) is 4.05. The van der Waals surface area contributed by atoms with Crippen molar-refractivity contribution >= 4 is 0 Å². The normalized spacial score (nSPS) is 13.8. The van der Waals surface area contributed by atoms with E-state index in [4.69, 9.17) is 4.74 Å². The zero-order chi connectivity index (χ0) is 14.4. The van der Waals surface area contributed by atoms with Gasteiger partial charge >= 0.3 is 0 Å². The van der Waals surface area contributed by atoms with Crippen molar-refractivity contribution in [3.63, 3.8) is 0 Å². The standard InChI is InChI=1S/C17H22N2O/c1-13(12-15-4-6-17(20-3)7-5-15)19-14(2)16-8-10-18-11-9-16/h4-11,13-14,19H,12H2,1-3H3/t13?,14-/m1/s1. The second-order valence-electron chi connectivity index (χ2n) is 5.12. The predicted octanol–water partition coefficient (Wildman–Crippen LogP) is 3.37. The summed E-state index contributed by atoms with van der Waals surface area (Å²) in [5.41, 5.74) is 2.58. The number of nitrogens with one attached hydrogen (secondary N) is 1. The fourth-order valence-corrected chi connectivity index (χ4v) is 2.35. The van der Waals surface area contributed by atoms with E-state index >= 15 is 0 Å². The highest BCUT2D eigenvalue weighted by Gasteiger charge is 2.09. The zero-order valence-electron chi connectivity index (χ0n) is 12.3. The van der Waals surface area contributed by atoms with Gasteiger partial charge < -0.3 is 10.1 Å². The Kier molecular flexibility index (Phi) is 5.13. The van der Waals surface area contributed by atoms with Crippen LogP contribution in [0.5, 0.6) is 5.75 Å². The Bertz CT molecular complexity index is 510. The smallest absolute Gasteiger partial charge is 0.118 e. The molecule has 0 saturated carbocycles. The molecule has 1 unspecified atom stereocenters. The molecule has 2 atom stereocenters. The lowest BCUT2D eigenvalue weighted by molar-refractivity contribution is 0.414. The number of hydrogen-bond donors (Lipinski definition) is 1. The van der Waals surface area contributed by atoms with Gasteiger partial charge in [0.1, 0.15) is 5.75 Å². The third-order valence-corrected chi connectivity index (χ3v) is 3.44. The minimum atomic E-state index is 0.325. The van der Waals surface area contributed by atoms with Crippen LogP contribution in [-0.4, -0.2) is 18.1 Å². The molecule has 3 heteroatoms. The molecule has 0 aliphatic heterocycles. The second-order valence-corrected chi connectivity index (χ2v) is 5.12. The van der Waals surface area contributed by atoms with Crippen LogP contribution in [0.3, 0.4) is 0 Å². The third-order valence-electron chi connectivity index (χ3n) is 3.44. The van der Waals surface area contributed by atoms with Crippen LogP contribution in [0, 0.1) is 0 Å². The molecular weight excluding hydrogens is 248 g/mol. The van der Waals surface area contributed by atoms with Crippen molar-refractivity contribution in [2.75, 3.05) is 7.11 Å². The van der Waals surface area contributed by atoms with Gasteiger partial charge in [-0.3, -0.25) is 4.98 Å². The van der Waals surface area contributed by atoms with Gasteiger partial charge in [0.2, 0.25) is 0 Å². The van der Waals surface area contributed by atoms with Gasteiger partial charge in [0, 0.05) is 24.5 Å². The van der Waals surface area contributed by atoms with Crippen LogP contribution in [0.4, 0.5) is 0 Å². The lowest BCUT2D eigenvalue weighted by Gasteiger charge is -2.20. The predicted molar refractivity (Wildman–Crippen MR) is 81.9 cm³/mol. The average Bonchev–Trinajstić information content (AvgIpc) is 2.49. The molecule has 1 N–H and O–H groups in total. The Morgan fingerprint density at radius 2 is 1.70 bits per heavy atom. The van der Waals surface area contributed by atoms with E-state index in [0.717, 1.165) is 12.2 Å². The molecule has 1 aromatic heterocycles. The Balaban J connectivity index is 1.90. The summed E-state index contributed by atoms with van der Waals surface area (Å²) in [6.45, 7) is 4.39. The number of ether oxygens (including phenoxy) is 1. The summed E-state index contributed by atoms with van der Waals surface area (Å²) in [5, 5.41) is 3.61. The topological polar surface area (TPSA) is 34.1 Å². The molecule has 3 nitrogen and oxygen atoms in total. The molecule has 0 aliphatic carbocycles. The lowest BCUT2D eigenvalue weighted by Crippen LogP contribution is -2.30. The molecule has 0 fully saturated rings. The molecule has 2 aromatic rings. The first kappa shape index (κ1) is 14.5. The van der Waals surface area contributed by atoms with Crippen molar-refractivity contribution in [3.8, 4) is 5.75 Å². The Morgan fingerprint density at radius 1 is 1.05 bits per heavy atom. The molecule has 0 amide bonds. The molecule has 1 aromatic carbocycles. The van der Waals surface area contributed by atoms with Crippen LogP contribution in [-0.2, 0) is 6.42 Å². The highest BCUT2D eigenvalue weighted by atomic mass is 16.5. The maximum absolute atomic E-state index is 5.18. The van der Waals surface area contributed by atoms with Crippen LogP contribution in [0.15, 0.2) is 48.8 Å². The van der Waals surface area contributed by atoms with E-state index in [0.29, 0.717) is 12.1 Å². The molecule has 0 bridgehead atoms. The summed E-state index contributed by atoms with van der Waals surface area (Å²) in [5.74, 6) is 0.902. The first-order valence-electron chi connectivity index (χ1n) is 6.98. The van der Waals surface area contributed by atoms with Crippen LogP contribution in [0.2, 0.25) is 0 Å². The maximum Gasteiger partial charge on any atom is 0.118 e. The van der Waals surface area contributed by atoms with Gasteiger partial charge in [-0.1, -0.05) is 12.1 Å². The summed E-state index contributed by atoms with van der Waals surface area (Å²) in [6.07, 6.45) is 4.67. The van der Waals surface area contributed by atoms with Gasteiger partial charge in [0.25, 0.3) is 0 Å². The highest BCUT2D eigenvalue weighted by molar-refractivity contribution is 5.27. The van der Waals surface area contributed by atoms with Crippen LogP contribution in [0.1, 0.15) is 31.0 Å². The second kappa shape index (κ2) is 7.06. The summed E-state index contributed by atoms with van der Waals surface area (Å²) in [6, 6.07) is 13.1. The van der Waals surface area contributed by atoms with Gasteiger partial charge in [0.05, 0.1) is 7.11 Å². The molecule has 20 heavy (non-hydrogen) atoms. The van der Waals surface area contributed by atoms with Crippen molar-refractivity contribution in [2.45, 2.75) is 32.4 Å². The van der Waals surface area contributed by atoms with Gasteiger partial charge in [-0.05, 0) is 55.7 Å². The molecule has 0 aliphatic rings. The molecular formula is C17H22N2O. The van der Waals surface area contributed by atoms with Gasteiger partial charge in [0.15, 0.2) is 0 Å². The zero-order valence-corrected chi connectivity index (χ0v) is 12.3. The lowest BCUT2D eigenvalue weighted by atomic mass is 10.0. The first-order chi connectivity index (χ1) is 9.69. The highest BCUT2D eigenvalue weighted by Crippen LogP contribution is 2.15. The minimum Gasteiger partial charge on any atom is -0.497 e. The Morgan fingerprint density at radius 3 is 2.30 bits per heavy atom. The van der Waals surface area contributed by atoms with E-state index in [1.807, 2.05) is 24.5 Å². The van der Waals surface area contributed by atoms with Crippen molar-refractivity contribution < 1.29 is 4.74 Å². The van der Waals surface area contributed by atoms with Crippen LogP contribution < -0.4 is 10.1 Å². The molecule has 1 heterocycles. The molecule has 0 radical (unpaired) electrons. The van der Waals surface area contributed by atoms with Crippen molar-refractivity contribution in [1.82, 2.24) is 10.3 Å². The number of pyridine rings is 1. The first-order valence-corrected chi connectivity index (χ1v) is 6.98. The van der Waals surface area contributed by atoms with Crippen molar-refractivity contribution in [3.05, 3.63) is 59.9 Å². The summed E-state index contributed by atoms with van der Waals surface area (Å²) >= 11 is 0.